The Bertz CT molecular complexity index is 819. The van der Waals surface area contributed by atoms with Crippen molar-refractivity contribution in [2.75, 3.05) is 5.32 Å². The van der Waals surface area contributed by atoms with Crippen molar-refractivity contribution in [1.29, 1.82) is 0 Å². The standard InChI is InChI=1S/C15H10ClFN4O/c16-10-3-4-12(11(17)6-10)19-15(22)14-7-13(20-21-14)9-2-1-5-18-8-9/h1-8H,(H,19,22)(H,20,21). The van der Waals surface area contributed by atoms with E-state index in [1.807, 2.05) is 6.07 Å². The molecule has 2 N–H and O–H groups in total. The van der Waals surface area contributed by atoms with Crippen LogP contribution in [0.4, 0.5) is 10.1 Å². The Labute approximate surface area is 130 Å². The predicted molar refractivity (Wildman–Crippen MR) is 81.2 cm³/mol. The van der Waals surface area contributed by atoms with Crippen LogP contribution in [0.15, 0.2) is 48.8 Å². The van der Waals surface area contributed by atoms with Crippen LogP contribution >= 0.6 is 11.6 Å². The number of hydrogen-bond acceptors (Lipinski definition) is 3. The van der Waals surface area contributed by atoms with Crippen LogP contribution in [0, 0.1) is 5.82 Å². The molecule has 1 aromatic carbocycles. The second kappa shape index (κ2) is 5.95. The van der Waals surface area contributed by atoms with E-state index in [9.17, 15) is 9.18 Å². The summed E-state index contributed by atoms with van der Waals surface area (Å²) in [7, 11) is 0. The van der Waals surface area contributed by atoms with Gasteiger partial charge in [-0.05, 0) is 36.4 Å². The van der Waals surface area contributed by atoms with Crippen LogP contribution in [-0.2, 0) is 0 Å². The highest BCUT2D eigenvalue weighted by molar-refractivity contribution is 6.30. The van der Waals surface area contributed by atoms with E-state index in [4.69, 9.17) is 11.6 Å². The predicted octanol–water partition coefficient (Wildman–Crippen LogP) is 3.52. The van der Waals surface area contributed by atoms with Crippen molar-refractivity contribution < 1.29 is 9.18 Å². The first-order valence-electron chi connectivity index (χ1n) is 6.36. The maximum Gasteiger partial charge on any atom is 0.273 e. The summed E-state index contributed by atoms with van der Waals surface area (Å²) in [6.07, 6.45) is 3.28. The number of nitrogens with one attached hydrogen (secondary N) is 2. The summed E-state index contributed by atoms with van der Waals surface area (Å²) in [5.74, 6) is -1.10. The Morgan fingerprint density at radius 3 is 2.86 bits per heavy atom. The molecular weight excluding hydrogens is 307 g/mol. The summed E-state index contributed by atoms with van der Waals surface area (Å²) in [6.45, 7) is 0. The number of anilines is 1. The normalized spacial score (nSPS) is 10.5. The number of rotatable bonds is 3. The first-order chi connectivity index (χ1) is 10.6. The van der Waals surface area contributed by atoms with E-state index < -0.39 is 11.7 Å². The number of H-pyrrole nitrogens is 1. The highest BCUT2D eigenvalue weighted by atomic mass is 35.5. The summed E-state index contributed by atoms with van der Waals surface area (Å²) in [4.78, 5) is 16.1. The van der Waals surface area contributed by atoms with Gasteiger partial charge >= 0.3 is 0 Å². The average molecular weight is 317 g/mol. The number of aromatic nitrogens is 3. The second-order valence-electron chi connectivity index (χ2n) is 4.49. The van der Waals surface area contributed by atoms with Crippen LogP contribution in [-0.4, -0.2) is 21.1 Å². The number of benzene rings is 1. The van der Waals surface area contributed by atoms with Crippen LogP contribution in [0.3, 0.4) is 0 Å². The van der Waals surface area contributed by atoms with Crippen LogP contribution in [0.25, 0.3) is 11.3 Å². The summed E-state index contributed by atoms with van der Waals surface area (Å²) in [5, 5.41) is 9.38. The molecule has 0 unspecified atom stereocenters. The lowest BCUT2D eigenvalue weighted by Gasteiger charge is -2.04. The molecule has 0 spiro atoms. The number of carbonyl (C=O) groups is 1. The highest BCUT2D eigenvalue weighted by Crippen LogP contribution is 2.20. The zero-order valence-electron chi connectivity index (χ0n) is 11.2. The Kier molecular flexibility index (Phi) is 3.84. The van der Waals surface area contributed by atoms with Crippen molar-refractivity contribution in [3.63, 3.8) is 0 Å². The molecule has 22 heavy (non-hydrogen) atoms. The van der Waals surface area contributed by atoms with Gasteiger partial charge in [0.05, 0.1) is 11.4 Å². The first-order valence-corrected chi connectivity index (χ1v) is 6.73. The van der Waals surface area contributed by atoms with Crippen LogP contribution in [0.2, 0.25) is 5.02 Å². The molecule has 3 aromatic rings. The Morgan fingerprint density at radius 2 is 2.14 bits per heavy atom. The fourth-order valence-corrected chi connectivity index (χ4v) is 2.04. The third-order valence-corrected chi connectivity index (χ3v) is 3.19. The number of carbonyl (C=O) groups excluding carboxylic acids is 1. The van der Waals surface area contributed by atoms with Gasteiger partial charge in [-0.15, -0.1) is 0 Å². The molecule has 0 atom stereocenters. The molecule has 7 heteroatoms. The van der Waals surface area contributed by atoms with Gasteiger partial charge in [0, 0.05) is 23.0 Å². The molecule has 1 amide bonds. The Hall–Kier alpha value is -2.73. The fourth-order valence-electron chi connectivity index (χ4n) is 1.88. The number of nitrogens with zero attached hydrogens (tertiary/aromatic N) is 2. The van der Waals surface area contributed by atoms with E-state index in [1.165, 1.54) is 12.1 Å². The Balaban J connectivity index is 1.80. The molecule has 0 radical (unpaired) electrons. The van der Waals surface area contributed by atoms with E-state index in [2.05, 4.69) is 20.5 Å². The summed E-state index contributed by atoms with van der Waals surface area (Å²) < 4.78 is 13.7. The van der Waals surface area contributed by atoms with Crippen LogP contribution < -0.4 is 5.32 Å². The Morgan fingerprint density at radius 1 is 1.27 bits per heavy atom. The van der Waals surface area contributed by atoms with Gasteiger partial charge in [0.1, 0.15) is 11.5 Å². The molecule has 3 rings (SSSR count). The van der Waals surface area contributed by atoms with Gasteiger partial charge in [0.2, 0.25) is 0 Å². The smallest absolute Gasteiger partial charge is 0.273 e. The number of halogens is 2. The van der Waals surface area contributed by atoms with Crippen LogP contribution in [0.1, 0.15) is 10.5 Å². The lowest BCUT2D eigenvalue weighted by molar-refractivity contribution is 0.102. The molecule has 5 nitrogen and oxygen atoms in total. The quantitative estimate of drug-likeness (QED) is 0.776. The van der Waals surface area contributed by atoms with Crippen molar-refractivity contribution >= 4 is 23.2 Å². The summed E-state index contributed by atoms with van der Waals surface area (Å²) in [6, 6.07) is 9.18. The largest absolute Gasteiger partial charge is 0.318 e. The minimum absolute atomic E-state index is 0.0481. The van der Waals surface area contributed by atoms with Crippen LogP contribution in [0.5, 0.6) is 0 Å². The summed E-state index contributed by atoms with van der Waals surface area (Å²) >= 11 is 5.67. The van der Waals surface area contributed by atoms with Gasteiger partial charge in [-0.3, -0.25) is 14.9 Å². The number of pyridine rings is 1. The van der Waals surface area contributed by atoms with Gasteiger partial charge in [-0.1, -0.05) is 11.6 Å². The van der Waals surface area contributed by atoms with E-state index >= 15 is 0 Å². The zero-order chi connectivity index (χ0) is 15.5. The third-order valence-electron chi connectivity index (χ3n) is 2.96. The molecule has 110 valence electrons. The van der Waals surface area contributed by atoms with Gasteiger partial charge in [-0.2, -0.15) is 5.10 Å². The molecule has 2 heterocycles. The first kappa shape index (κ1) is 14.2. The monoisotopic (exact) mass is 316 g/mol. The fraction of sp³-hybridized carbons (Fsp3) is 0. The van der Waals surface area contributed by atoms with E-state index in [1.54, 1.807) is 24.5 Å². The molecule has 0 aliphatic heterocycles. The molecule has 0 fully saturated rings. The number of hydrogen-bond donors (Lipinski definition) is 2. The van der Waals surface area contributed by atoms with Crippen molar-refractivity contribution in [3.8, 4) is 11.3 Å². The molecule has 0 saturated heterocycles. The third kappa shape index (κ3) is 2.96. The van der Waals surface area contributed by atoms with Gasteiger partial charge in [0.15, 0.2) is 0 Å². The topological polar surface area (TPSA) is 70.7 Å². The van der Waals surface area contributed by atoms with E-state index in [-0.39, 0.29) is 16.4 Å². The summed E-state index contributed by atoms with van der Waals surface area (Å²) in [5.41, 5.74) is 1.62. The van der Waals surface area contributed by atoms with E-state index in [0.717, 1.165) is 11.6 Å². The minimum Gasteiger partial charge on any atom is -0.318 e. The average Bonchev–Trinajstić information content (AvgIpc) is 3.01. The maximum atomic E-state index is 13.7. The maximum absolute atomic E-state index is 13.7. The SMILES string of the molecule is O=C(Nc1ccc(Cl)cc1F)c1cc(-c2cccnc2)n[nH]1. The number of aromatic amines is 1. The molecule has 0 aliphatic carbocycles. The van der Waals surface area contributed by atoms with Gasteiger partial charge in [0.25, 0.3) is 5.91 Å². The lowest BCUT2D eigenvalue weighted by Crippen LogP contribution is -2.13. The highest BCUT2D eigenvalue weighted by Gasteiger charge is 2.13. The molecular formula is C15H10ClFN4O. The minimum atomic E-state index is -0.604. The zero-order valence-corrected chi connectivity index (χ0v) is 11.9. The van der Waals surface area contributed by atoms with Crippen molar-refractivity contribution in [1.82, 2.24) is 15.2 Å². The second-order valence-corrected chi connectivity index (χ2v) is 4.92. The number of amides is 1. The molecule has 2 aromatic heterocycles. The van der Waals surface area contributed by atoms with E-state index in [0.29, 0.717) is 5.69 Å². The van der Waals surface area contributed by atoms with Gasteiger partial charge in [-0.25, -0.2) is 4.39 Å². The molecule has 0 saturated carbocycles. The molecule has 0 aliphatic rings. The van der Waals surface area contributed by atoms with Crippen molar-refractivity contribution in [2.45, 2.75) is 0 Å². The lowest BCUT2D eigenvalue weighted by atomic mass is 10.2. The van der Waals surface area contributed by atoms with Crippen molar-refractivity contribution in [2.24, 2.45) is 0 Å². The molecule has 0 bridgehead atoms. The van der Waals surface area contributed by atoms with Gasteiger partial charge < -0.3 is 5.32 Å². The van der Waals surface area contributed by atoms with Crippen molar-refractivity contribution in [3.05, 3.63) is 65.3 Å².